The fraction of sp³-hybridized carbons (Fsp3) is 0.231. The first kappa shape index (κ1) is 15.3. The Kier molecular flexibility index (Phi) is 4.04. The molecule has 0 unspecified atom stereocenters. The van der Waals surface area contributed by atoms with Crippen LogP contribution in [0, 0.1) is 0 Å². The lowest BCUT2D eigenvalue weighted by molar-refractivity contribution is 0.390. The van der Waals surface area contributed by atoms with Crippen molar-refractivity contribution in [3.05, 3.63) is 44.2 Å². The van der Waals surface area contributed by atoms with Crippen molar-refractivity contribution in [1.29, 1.82) is 0 Å². The van der Waals surface area contributed by atoms with E-state index in [1.54, 1.807) is 12.1 Å². The van der Waals surface area contributed by atoms with E-state index in [0.717, 1.165) is 22.5 Å². The predicted octanol–water partition coefficient (Wildman–Crippen LogP) is 3.62. The number of phenols is 1. The molecule has 0 atom stereocenters. The van der Waals surface area contributed by atoms with Crippen molar-refractivity contribution in [1.82, 2.24) is 4.31 Å². The van der Waals surface area contributed by atoms with Gasteiger partial charge in [0.25, 0.3) is 10.0 Å². The van der Waals surface area contributed by atoms with E-state index in [9.17, 15) is 13.5 Å². The van der Waals surface area contributed by atoms with Crippen LogP contribution < -0.4 is 0 Å². The van der Waals surface area contributed by atoms with Crippen LogP contribution in [-0.4, -0.2) is 24.4 Å². The molecule has 0 fully saturated rings. The minimum absolute atomic E-state index is 0.148. The maximum atomic E-state index is 12.6. The molecule has 1 N–H and O–H groups in total. The normalized spacial score (nSPS) is 15.9. The van der Waals surface area contributed by atoms with Crippen LogP contribution in [0.15, 0.2) is 32.3 Å². The number of thiophene rings is 1. The van der Waals surface area contributed by atoms with Crippen LogP contribution in [0.4, 0.5) is 0 Å². The number of hydrogen-bond acceptors (Lipinski definition) is 4. The minimum atomic E-state index is -3.56. The van der Waals surface area contributed by atoms with Crippen molar-refractivity contribution >= 4 is 48.9 Å². The van der Waals surface area contributed by atoms with Crippen molar-refractivity contribution in [3.8, 4) is 5.75 Å². The van der Waals surface area contributed by atoms with Crippen molar-refractivity contribution < 1.29 is 13.5 Å². The Bertz CT molecular complexity index is 784. The van der Waals surface area contributed by atoms with Gasteiger partial charge < -0.3 is 5.11 Å². The van der Waals surface area contributed by atoms with E-state index in [2.05, 4.69) is 15.9 Å². The van der Waals surface area contributed by atoms with Crippen LogP contribution in [0.25, 0.3) is 0 Å². The van der Waals surface area contributed by atoms with Crippen LogP contribution in [0.3, 0.4) is 0 Å². The number of aromatic hydroxyl groups is 1. The number of fused-ring (bicyclic) bond motifs is 1. The van der Waals surface area contributed by atoms with Crippen molar-refractivity contribution in [2.24, 2.45) is 0 Å². The van der Waals surface area contributed by atoms with Gasteiger partial charge in [0.05, 0.1) is 8.81 Å². The van der Waals surface area contributed by atoms with Gasteiger partial charge in [-0.2, -0.15) is 4.31 Å². The van der Waals surface area contributed by atoms with Gasteiger partial charge in [-0.25, -0.2) is 8.42 Å². The van der Waals surface area contributed by atoms with Gasteiger partial charge in [-0.3, -0.25) is 0 Å². The predicted molar refractivity (Wildman–Crippen MR) is 86.4 cm³/mol. The zero-order valence-electron chi connectivity index (χ0n) is 10.7. The summed E-state index contributed by atoms with van der Waals surface area (Å²) in [7, 11) is -3.56. The van der Waals surface area contributed by atoms with Crippen LogP contribution in [0.1, 0.15) is 11.1 Å². The van der Waals surface area contributed by atoms with Crippen LogP contribution >= 0.6 is 38.9 Å². The molecule has 0 saturated carbocycles. The monoisotopic (exact) mass is 407 g/mol. The molecule has 3 rings (SSSR count). The molecule has 8 heteroatoms. The van der Waals surface area contributed by atoms with Gasteiger partial charge in [0.1, 0.15) is 9.96 Å². The Labute approximate surface area is 140 Å². The number of hydrogen-bond donors (Lipinski definition) is 1. The molecule has 1 aromatic carbocycles. The third-order valence-corrected chi connectivity index (χ3v) is 8.15. The second-order valence-corrected chi connectivity index (χ2v) is 9.67. The SMILES string of the molecule is O=S(=O)(c1cc(Cl)c(Br)s1)N1CCc2ccc(O)cc2C1. The van der Waals surface area contributed by atoms with Crippen LogP contribution in [0.2, 0.25) is 5.02 Å². The van der Waals surface area contributed by atoms with Gasteiger partial charge in [-0.15, -0.1) is 11.3 Å². The van der Waals surface area contributed by atoms with Gasteiger partial charge in [0.2, 0.25) is 0 Å². The molecule has 0 saturated heterocycles. The third kappa shape index (κ3) is 2.85. The van der Waals surface area contributed by atoms with Crippen molar-refractivity contribution in [2.75, 3.05) is 6.54 Å². The lowest BCUT2D eigenvalue weighted by Crippen LogP contribution is -2.35. The van der Waals surface area contributed by atoms with E-state index >= 15 is 0 Å². The van der Waals surface area contributed by atoms with E-state index in [1.807, 2.05) is 6.07 Å². The molecule has 2 aromatic rings. The van der Waals surface area contributed by atoms with E-state index in [1.165, 1.54) is 10.4 Å². The van der Waals surface area contributed by atoms with Crippen LogP contribution in [0.5, 0.6) is 5.75 Å². The topological polar surface area (TPSA) is 57.6 Å². The Balaban J connectivity index is 1.94. The summed E-state index contributed by atoms with van der Waals surface area (Å²) < 4.78 is 27.5. The molecule has 0 spiro atoms. The molecule has 2 heterocycles. The van der Waals surface area contributed by atoms with Gasteiger partial charge in [0, 0.05) is 13.1 Å². The summed E-state index contributed by atoms with van der Waals surface area (Å²) in [5.74, 6) is 0.148. The van der Waals surface area contributed by atoms with E-state index < -0.39 is 10.0 Å². The van der Waals surface area contributed by atoms with Crippen molar-refractivity contribution in [3.63, 3.8) is 0 Å². The molecule has 0 bridgehead atoms. The molecule has 1 aliphatic rings. The average Bonchev–Trinajstić information content (AvgIpc) is 2.78. The number of rotatable bonds is 2. The molecule has 21 heavy (non-hydrogen) atoms. The second kappa shape index (κ2) is 5.55. The van der Waals surface area contributed by atoms with E-state index in [4.69, 9.17) is 11.6 Å². The molecular weight excluding hydrogens is 398 g/mol. The van der Waals surface area contributed by atoms with Gasteiger partial charge in [-0.05, 0) is 51.7 Å². The maximum Gasteiger partial charge on any atom is 0.252 e. The summed E-state index contributed by atoms with van der Waals surface area (Å²) in [5, 5.41) is 9.94. The number of sulfonamides is 1. The zero-order valence-corrected chi connectivity index (χ0v) is 14.7. The quantitative estimate of drug-likeness (QED) is 0.826. The maximum absolute atomic E-state index is 12.6. The number of phenolic OH excluding ortho intramolecular Hbond substituents is 1. The average molecular weight is 409 g/mol. The molecule has 0 aliphatic carbocycles. The van der Waals surface area contributed by atoms with Gasteiger partial charge in [0.15, 0.2) is 0 Å². The van der Waals surface area contributed by atoms with Crippen molar-refractivity contribution in [2.45, 2.75) is 17.2 Å². The fourth-order valence-electron chi connectivity index (χ4n) is 2.30. The summed E-state index contributed by atoms with van der Waals surface area (Å²) in [6.45, 7) is 0.687. The smallest absolute Gasteiger partial charge is 0.252 e. The third-order valence-electron chi connectivity index (χ3n) is 3.38. The Morgan fingerprint density at radius 1 is 1.29 bits per heavy atom. The number of benzene rings is 1. The summed E-state index contributed by atoms with van der Waals surface area (Å²) in [6.07, 6.45) is 0.634. The summed E-state index contributed by atoms with van der Waals surface area (Å²) in [5.41, 5.74) is 1.91. The highest BCUT2D eigenvalue weighted by Crippen LogP contribution is 2.37. The van der Waals surface area contributed by atoms with Gasteiger partial charge in [-0.1, -0.05) is 17.7 Å². The lowest BCUT2D eigenvalue weighted by atomic mass is 10.0. The zero-order chi connectivity index (χ0) is 15.2. The highest BCUT2D eigenvalue weighted by molar-refractivity contribution is 9.11. The highest BCUT2D eigenvalue weighted by Gasteiger charge is 2.30. The first-order chi connectivity index (χ1) is 9.88. The number of halogens is 2. The van der Waals surface area contributed by atoms with E-state index in [0.29, 0.717) is 21.8 Å². The lowest BCUT2D eigenvalue weighted by Gasteiger charge is -2.27. The second-order valence-electron chi connectivity index (χ2n) is 4.73. The molecule has 1 aliphatic heterocycles. The number of nitrogens with zero attached hydrogens (tertiary/aromatic N) is 1. The highest BCUT2D eigenvalue weighted by atomic mass is 79.9. The standard InChI is InChI=1S/C13H11BrClNO3S2/c14-13-11(15)6-12(20-13)21(18,19)16-4-3-8-1-2-10(17)5-9(8)7-16/h1-2,5-6,17H,3-4,7H2. The molecule has 0 amide bonds. The largest absolute Gasteiger partial charge is 0.508 e. The summed E-state index contributed by atoms with van der Waals surface area (Å²) in [6, 6.07) is 6.55. The summed E-state index contributed by atoms with van der Waals surface area (Å²) in [4.78, 5) is 0. The Hall–Kier alpha value is -0.600. The molecule has 1 aromatic heterocycles. The first-order valence-corrected chi connectivity index (χ1v) is 9.56. The fourth-order valence-corrected chi connectivity index (χ4v) is 6.28. The Morgan fingerprint density at radius 2 is 2.05 bits per heavy atom. The first-order valence-electron chi connectivity index (χ1n) is 6.13. The minimum Gasteiger partial charge on any atom is -0.508 e. The summed E-state index contributed by atoms with van der Waals surface area (Å²) >= 11 is 10.3. The molecular formula is C13H11BrClNO3S2. The molecule has 0 radical (unpaired) electrons. The van der Waals surface area contributed by atoms with Gasteiger partial charge >= 0.3 is 0 Å². The molecule has 4 nitrogen and oxygen atoms in total. The Morgan fingerprint density at radius 3 is 2.71 bits per heavy atom. The van der Waals surface area contributed by atoms with E-state index in [-0.39, 0.29) is 16.5 Å². The molecule has 112 valence electrons. The van der Waals surface area contributed by atoms with Crippen LogP contribution in [-0.2, 0) is 23.0 Å².